The van der Waals surface area contributed by atoms with Crippen molar-refractivity contribution < 1.29 is 9.53 Å². The number of methoxy groups -OCH3 is 1. The molecule has 3 heterocycles. The van der Waals surface area contributed by atoms with Crippen molar-refractivity contribution in [2.24, 2.45) is 0 Å². The van der Waals surface area contributed by atoms with E-state index in [1.807, 2.05) is 36.8 Å². The van der Waals surface area contributed by atoms with Crippen LogP contribution in [-0.2, 0) is 4.74 Å². The standard InChI is InChI=1S/C22H17BrClN3O2/c1-29-22(28)21-20(16-9-26-19-5-3-12(24)7-14(16)19)17(10-27-21)15-8-25-18-4-2-11(23)6-13(15)18/h3-11,25-27H,2H2,1H3. The molecule has 0 aliphatic heterocycles. The number of nitrogens with one attached hydrogen (secondary N) is 3. The summed E-state index contributed by atoms with van der Waals surface area (Å²) in [4.78, 5) is 22.6. The summed E-state index contributed by atoms with van der Waals surface area (Å²) >= 11 is 9.94. The van der Waals surface area contributed by atoms with Gasteiger partial charge in [0.25, 0.3) is 0 Å². The molecule has 1 aromatic carbocycles. The predicted octanol–water partition coefficient (Wildman–Crippen LogP) is 4.33. The quantitative estimate of drug-likeness (QED) is 0.308. The number of carbonyl (C=O) groups is 1. The van der Waals surface area contributed by atoms with Crippen LogP contribution in [0.4, 0.5) is 0 Å². The first-order chi connectivity index (χ1) is 14.1. The zero-order valence-electron chi connectivity index (χ0n) is 15.5. The molecule has 1 atom stereocenters. The topological polar surface area (TPSA) is 73.7 Å². The summed E-state index contributed by atoms with van der Waals surface area (Å²) in [6, 6.07) is 5.68. The number of aromatic amines is 3. The average molecular weight is 471 g/mol. The third kappa shape index (κ3) is 2.94. The minimum absolute atomic E-state index is 0.277. The second-order valence-corrected chi connectivity index (χ2v) is 8.60. The number of benzene rings is 1. The zero-order chi connectivity index (χ0) is 20.1. The highest BCUT2D eigenvalue weighted by Crippen LogP contribution is 2.39. The van der Waals surface area contributed by atoms with Crippen LogP contribution in [0.3, 0.4) is 0 Å². The number of alkyl halides is 1. The van der Waals surface area contributed by atoms with Gasteiger partial charge in [-0.3, -0.25) is 0 Å². The number of H-pyrrole nitrogens is 3. The molecule has 1 aliphatic carbocycles. The Bertz CT molecular complexity index is 1380. The van der Waals surface area contributed by atoms with Gasteiger partial charge in [-0.15, -0.1) is 0 Å². The maximum absolute atomic E-state index is 12.5. The number of ether oxygens (including phenoxy) is 1. The second-order valence-electron chi connectivity index (χ2n) is 6.99. The molecule has 0 spiro atoms. The van der Waals surface area contributed by atoms with Gasteiger partial charge in [0.1, 0.15) is 5.69 Å². The molecule has 4 aromatic rings. The van der Waals surface area contributed by atoms with Crippen LogP contribution in [0.15, 0.2) is 36.8 Å². The summed E-state index contributed by atoms with van der Waals surface area (Å²) in [5.41, 5.74) is 4.99. The summed E-state index contributed by atoms with van der Waals surface area (Å²) in [7, 11) is 1.38. The Hall–Kier alpha value is -2.70. The van der Waals surface area contributed by atoms with E-state index in [-0.39, 0.29) is 4.83 Å². The van der Waals surface area contributed by atoms with Crippen LogP contribution in [0, 0.1) is 0 Å². The van der Waals surface area contributed by atoms with Crippen molar-refractivity contribution >= 4 is 56.6 Å². The van der Waals surface area contributed by atoms with Gasteiger partial charge in [-0.05, 0) is 24.6 Å². The first-order valence-corrected chi connectivity index (χ1v) is 10.5. The molecule has 5 nitrogen and oxygen atoms in total. The number of carbonyl (C=O) groups excluding carboxylic acids is 1. The van der Waals surface area contributed by atoms with E-state index in [1.54, 1.807) is 0 Å². The first kappa shape index (κ1) is 18.3. The van der Waals surface area contributed by atoms with Gasteiger partial charge in [0, 0.05) is 72.2 Å². The zero-order valence-corrected chi connectivity index (χ0v) is 17.8. The number of halogens is 2. The molecular formula is C22H17BrClN3O2. The van der Waals surface area contributed by atoms with Crippen LogP contribution >= 0.6 is 27.5 Å². The average Bonchev–Trinajstić information content (AvgIpc) is 3.42. The van der Waals surface area contributed by atoms with Crippen molar-refractivity contribution in [2.45, 2.75) is 11.2 Å². The van der Waals surface area contributed by atoms with Crippen molar-refractivity contribution in [1.82, 2.24) is 15.0 Å². The number of aromatic nitrogens is 3. The van der Waals surface area contributed by atoms with E-state index in [4.69, 9.17) is 16.3 Å². The normalized spacial score (nSPS) is 15.6. The molecule has 0 radical (unpaired) electrons. The van der Waals surface area contributed by atoms with E-state index in [9.17, 15) is 4.79 Å². The number of fused-ring (bicyclic) bond motifs is 2. The molecule has 7 heteroatoms. The Morgan fingerprint density at radius 1 is 1.14 bits per heavy atom. The van der Waals surface area contributed by atoms with Crippen LogP contribution in [-0.4, -0.2) is 32.9 Å². The molecule has 0 bridgehead atoms. The molecule has 1 aliphatic rings. The Kier molecular flexibility index (Phi) is 4.41. The molecule has 0 amide bonds. The van der Waals surface area contributed by atoms with E-state index in [0.29, 0.717) is 10.7 Å². The Morgan fingerprint density at radius 3 is 2.76 bits per heavy atom. The number of hydrogen-bond donors (Lipinski definition) is 3. The Morgan fingerprint density at radius 2 is 1.93 bits per heavy atom. The van der Waals surface area contributed by atoms with E-state index >= 15 is 0 Å². The Labute approximate surface area is 179 Å². The smallest absolute Gasteiger partial charge is 0.355 e. The van der Waals surface area contributed by atoms with Crippen molar-refractivity contribution in [3.8, 4) is 22.3 Å². The van der Waals surface area contributed by atoms with Gasteiger partial charge in [-0.2, -0.15) is 0 Å². The van der Waals surface area contributed by atoms with E-state index in [1.165, 1.54) is 7.11 Å². The fourth-order valence-electron chi connectivity index (χ4n) is 3.98. The Balaban J connectivity index is 1.83. The fourth-order valence-corrected chi connectivity index (χ4v) is 4.60. The van der Waals surface area contributed by atoms with Gasteiger partial charge in [-0.25, -0.2) is 4.79 Å². The molecule has 0 saturated heterocycles. The second kappa shape index (κ2) is 6.97. The van der Waals surface area contributed by atoms with Crippen LogP contribution in [0.5, 0.6) is 0 Å². The summed E-state index contributed by atoms with van der Waals surface area (Å²) in [6.45, 7) is 0. The monoisotopic (exact) mass is 469 g/mol. The minimum Gasteiger partial charge on any atom is -0.464 e. The maximum atomic E-state index is 12.5. The lowest BCUT2D eigenvalue weighted by atomic mass is 9.96. The van der Waals surface area contributed by atoms with Crippen LogP contribution in [0.2, 0.25) is 5.02 Å². The van der Waals surface area contributed by atoms with E-state index < -0.39 is 5.97 Å². The number of esters is 1. The van der Waals surface area contributed by atoms with Crippen LogP contribution in [0.1, 0.15) is 16.9 Å². The number of hydrogen-bond acceptors (Lipinski definition) is 2. The minimum atomic E-state index is -0.416. The molecule has 146 valence electrons. The van der Waals surface area contributed by atoms with Crippen molar-refractivity contribution in [2.75, 3.05) is 7.11 Å². The lowest BCUT2D eigenvalue weighted by Gasteiger charge is -2.08. The molecule has 1 unspecified atom stereocenters. The van der Waals surface area contributed by atoms with Gasteiger partial charge >= 0.3 is 5.97 Å². The molecule has 5 rings (SSSR count). The van der Waals surface area contributed by atoms with Gasteiger partial charge in [0.05, 0.1) is 7.11 Å². The highest BCUT2D eigenvalue weighted by atomic mass is 79.9. The lowest BCUT2D eigenvalue weighted by molar-refractivity contribution is 0.0596. The van der Waals surface area contributed by atoms with E-state index in [0.717, 1.165) is 50.1 Å². The first-order valence-electron chi connectivity index (χ1n) is 9.17. The highest BCUT2D eigenvalue weighted by Gasteiger charge is 2.24. The van der Waals surface area contributed by atoms with E-state index in [2.05, 4.69) is 43.0 Å². The SMILES string of the molecule is COC(=O)c1[nH]cc(-c2c[nH]c3c2=CC(Br)CC=3)c1-c1c[nH]c2ccc(Cl)cc12. The summed E-state index contributed by atoms with van der Waals surface area (Å²) in [6.07, 6.45) is 11.1. The third-order valence-corrected chi connectivity index (χ3v) is 6.19. The van der Waals surface area contributed by atoms with Crippen molar-refractivity contribution in [3.05, 3.63) is 58.1 Å². The molecule has 3 N–H and O–H groups in total. The molecule has 3 aromatic heterocycles. The number of rotatable bonds is 3. The molecule has 0 saturated carbocycles. The van der Waals surface area contributed by atoms with Crippen LogP contribution in [0.25, 0.3) is 45.3 Å². The van der Waals surface area contributed by atoms with Gasteiger partial charge in [-0.1, -0.05) is 39.7 Å². The molecule has 0 fully saturated rings. The summed E-state index contributed by atoms with van der Waals surface area (Å²) in [5, 5.41) is 3.79. The van der Waals surface area contributed by atoms with Gasteiger partial charge < -0.3 is 19.7 Å². The summed E-state index contributed by atoms with van der Waals surface area (Å²) < 4.78 is 5.04. The maximum Gasteiger partial charge on any atom is 0.355 e. The predicted molar refractivity (Wildman–Crippen MR) is 120 cm³/mol. The highest BCUT2D eigenvalue weighted by molar-refractivity contribution is 9.09. The van der Waals surface area contributed by atoms with Gasteiger partial charge in [0.15, 0.2) is 0 Å². The third-order valence-electron chi connectivity index (χ3n) is 5.32. The van der Waals surface area contributed by atoms with Crippen molar-refractivity contribution in [1.29, 1.82) is 0 Å². The van der Waals surface area contributed by atoms with Gasteiger partial charge in [0.2, 0.25) is 0 Å². The fraction of sp³-hybridized carbons (Fsp3) is 0.136. The molecular weight excluding hydrogens is 454 g/mol. The summed E-state index contributed by atoms with van der Waals surface area (Å²) in [5.74, 6) is -0.416. The lowest BCUT2D eigenvalue weighted by Crippen LogP contribution is -2.28. The van der Waals surface area contributed by atoms with Crippen molar-refractivity contribution in [3.63, 3.8) is 0 Å². The molecule has 29 heavy (non-hydrogen) atoms. The largest absolute Gasteiger partial charge is 0.464 e. The van der Waals surface area contributed by atoms with Crippen LogP contribution < -0.4 is 10.6 Å².